The number of nitrogens with two attached hydrogens (primary N) is 1. The Balaban J connectivity index is 1.69. The zero-order chi connectivity index (χ0) is 13.9. The summed E-state index contributed by atoms with van der Waals surface area (Å²) in [7, 11) is 0. The molecule has 0 saturated carbocycles. The Morgan fingerprint density at radius 3 is 2.75 bits per heavy atom. The molecule has 0 spiro atoms. The van der Waals surface area contributed by atoms with Gasteiger partial charge >= 0.3 is 0 Å². The van der Waals surface area contributed by atoms with E-state index in [0.29, 0.717) is 22.5 Å². The molecule has 3 rings (SSSR count). The number of halogens is 1. The fraction of sp³-hybridized carbons (Fsp3) is 0.0769. The van der Waals surface area contributed by atoms with Gasteiger partial charge in [-0.25, -0.2) is 0 Å². The molecule has 3 aromatic rings. The average Bonchev–Trinajstić information content (AvgIpc) is 3.06. The maximum Gasteiger partial charge on any atom is 0.260 e. The summed E-state index contributed by atoms with van der Waals surface area (Å²) in [6, 6.07) is 10.0. The highest BCUT2D eigenvalue weighted by Crippen LogP contribution is 2.30. The molecule has 0 aliphatic rings. The molecule has 0 fully saturated rings. The first-order valence-electron chi connectivity index (χ1n) is 5.76. The maximum atomic E-state index is 5.84. The van der Waals surface area contributed by atoms with Crippen LogP contribution in [0.3, 0.4) is 0 Å². The number of anilines is 1. The van der Waals surface area contributed by atoms with Gasteiger partial charge in [0, 0.05) is 9.37 Å². The van der Waals surface area contributed by atoms with Crippen molar-refractivity contribution in [2.75, 3.05) is 5.73 Å². The lowest BCUT2D eigenvalue weighted by molar-refractivity contribution is 0.425. The number of nitrogens with zero attached hydrogens (tertiary/aromatic N) is 2. The molecule has 0 unspecified atom stereocenters. The van der Waals surface area contributed by atoms with Gasteiger partial charge in [0.15, 0.2) is 5.82 Å². The minimum atomic E-state index is 0.482. The molecule has 4 nitrogen and oxygen atoms in total. The molecule has 0 bridgehead atoms. The summed E-state index contributed by atoms with van der Waals surface area (Å²) < 4.78 is 6.31. The fourth-order valence-electron chi connectivity index (χ4n) is 1.60. The van der Waals surface area contributed by atoms with E-state index in [1.54, 1.807) is 11.8 Å². The Morgan fingerprint density at radius 1 is 1.25 bits per heavy atom. The van der Waals surface area contributed by atoms with Gasteiger partial charge in [-0.05, 0) is 35.7 Å². The highest BCUT2D eigenvalue weighted by molar-refractivity contribution is 9.10. The highest BCUT2D eigenvalue weighted by Gasteiger charge is 2.12. The van der Waals surface area contributed by atoms with Gasteiger partial charge in [-0.1, -0.05) is 21.1 Å². The number of hydrogen-bond acceptors (Lipinski definition) is 6. The van der Waals surface area contributed by atoms with Gasteiger partial charge in [0.1, 0.15) is 0 Å². The molecule has 2 heterocycles. The Labute approximate surface area is 132 Å². The van der Waals surface area contributed by atoms with Crippen molar-refractivity contribution in [2.45, 2.75) is 10.6 Å². The van der Waals surface area contributed by atoms with E-state index in [1.807, 2.05) is 35.7 Å². The summed E-state index contributed by atoms with van der Waals surface area (Å²) in [6.07, 6.45) is 0. The van der Waals surface area contributed by atoms with Crippen LogP contribution in [0.1, 0.15) is 5.82 Å². The maximum absolute atomic E-state index is 5.84. The fourth-order valence-corrected chi connectivity index (χ4v) is 3.24. The molecule has 1 aromatic carbocycles. The summed E-state index contributed by atoms with van der Waals surface area (Å²) in [5.41, 5.74) is 6.65. The zero-order valence-corrected chi connectivity index (χ0v) is 13.5. The van der Waals surface area contributed by atoms with Gasteiger partial charge in [0.2, 0.25) is 0 Å². The summed E-state index contributed by atoms with van der Waals surface area (Å²) in [5.74, 6) is 1.81. The first-order valence-corrected chi connectivity index (χ1v) is 8.42. The van der Waals surface area contributed by atoms with E-state index in [-0.39, 0.29) is 0 Å². The molecular formula is C13H10BrN3OS2. The van der Waals surface area contributed by atoms with Crippen molar-refractivity contribution in [3.8, 4) is 11.5 Å². The molecule has 2 aromatic heterocycles. The average molecular weight is 368 g/mol. The number of aromatic nitrogens is 2. The van der Waals surface area contributed by atoms with Gasteiger partial charge in [-0.15, -0.1) is 23.1 Å². The van der Waals surface area contributed by atoms with Crippen LogP contribution in [0.5, 0.6) is 0 Å². The van der Waals surface area contributed by atoms with Crippen molar-refractivity contribution in [1.82, 2.24) is 10.1 Å². The standard InChI is InChI=1S/C13H10BrN3OS2/c14-8-1-3-9(4-2-8)20-7-11-16-13(18-17-11)10-5-6-19-12(10)15/h1-6H,7,15H2. The number of hydrogen-bond donors (Lipinski definition) is 1. The van der Waals surface area contributed by atoms with Crippen molar-refractivity contribution in [1.29, 1.82) is 0 Å². The molecule has 0 saturated heterocycles. The molecule has 0 aliphatic carbocycles. The van der Waals surface area contributed by atoms with Crippen LogP contribution < -0.4 is 5.73 Å². The van der Waals surface area contributed by atoms with E-state index in [2.05, 4.69) is 26.1 Å². The van der Waals surface area contributed by atoms with E-state index in [4.69, 9.17) is 10.3 Å². The third kappa shape index (κ3) is 3.05. The Morgan fingerprint density at radius 2 is 2.05 bits per heavy atom. The SMILES string of the molecule is Nc1sccc1-c1nc(CSc2ccc(Br)cc2)no1. The van der Waals surface area contributed by atoms with E-state index < -0.39 is 0 Å². The Kier molecular flexibility index (Phi) is 4.09. The van der Waals surface area contributed by atoms with E-state index >= 15 is 0 Å². The van der Waals surface area contributed by atoms with Crippen LogP contribution in [-0.4, -0.2) is 10.1 Å². The van der Waals surface area contributed by atoms with Crippen LogP contribution >= 0.6 is 39.0 Å². The van der Waals surface area contributed by atoms with E-state index in [1.165, 1.54) is 11.3 Å². The van der Waals surface area contributed by atoms with Crippen LogP contribution in [0.2, 0.25) is 0 Å². The summed E-state index contributed by atoms with van der Waals surface area (Å²) >= 11 is 6.54. The number of benzene rings is 1. The van der Waals surface area contributed by atoms with Crippen molar-refractivity contribution >= 4 is 44.0 Å². The van der Waals surface area contributed by atoms with Crippen LogP contribution in [-0.2, 0) is 5.75 Å². The number of thiophene rings is 1. The third-order valence-electron chi connectivity index (χ3n) is 2.58. The van der Waals surface area contributed by atoms with Gasteiger partial charge < -0.3 is 10.3 Å². The van der Waals surface area contributed by atoms with Crippen molar-refractivity contribution in [2.24, 2.45) is 0 Å². The highest BCUT2D eigenvalue weighted by atomic mass is 79.9. The molecule has 102 valence electrons. The summed E-state index contributed by atoms with van der Waals surface area (Å²) in [6.45, 7) is 0. The first-order chi connectivity index (χ1) is 9.72. The molecule has 0 amide bonds. The van der Waals surface area contributed by atoms with Gasteiger partial charge in [-0.3, -0.25) is 0 Å². The number of thioether (sulfide) groups is 1. The summed E-state index contributed by atoms with van der Waals surface area (Å²) in [4.78, 5) is 5.53. The third-order valence-corrected chi connectivity index (χ3v) is 4.86. The summed E-state index contributed by atoms with van der Waals surface area (Å²) in [5, 5.41) is 6.58. The minimum absolute atomic E-state index is 0.482. The second-order valence-electron chi connectivity index (χ2n) is 3.96. The number of nitrogen functional groups attached to an aromatic ring is 1. The molecule has 0 aliphatic heterocycles. The Hall–Kier alpha value is -1.31. The minimum Gasteiger partial charge on any atom is -0.390 e. The van der Waals surface area contributed by atoms with E-state index in [0.717, 1.165) is 14.9 Å². The van der Waals surface area contributed by atoms with Gasteiger partial charge in [-0.2, -0.15) is 4.98 Å². The molecule has 0 radical (unpaired) electrons. The van der Waals surface area contributed by atoms with Crippen LogP contribution in [0.15, 0.2) is 49.6 Å². The van der Waals surface area contributed by atoms with Crippen molar-refractivity contribution < 1.29 is 4.52 Å². The van der Waals surface area contributed by atoms with Gasteiger partial charge in [0.25, 0.3) is 5.89 Å². The predicted molar refractivity (Wildman–Crippen MR) is 85.7 cm³/mol. The molecule has 0 atom stereocenters. The van der Waals surface area contributed by atoms with Crippen LogP contribution in [0.4, 0.5) is 5.00 Å². The lowest BCUT2D eigenvalue weighted by atomic mass is 10.3. The normalized spacial score (nSPS) is 10.8. The zero-order valence-electron chi connectivity index (χ0n) is 10.2. The largest absolute Gasteiger partial charge is 0.390 e. The topological polar surface area (TPSA) is 64.9 Å². The Bertz CT molecular complexity index is 708. The lowest BCUT2D eigenvalue weighted by Crippen LogP contribution is -1.86. The van der Waals surface area contributed by atoms with Crippen LogP contribution in [0, 0.1) is 0 Å². The second kappa shape index (κ2) is 5.99. The first kappa shape index (κ1) is 13.7. The quantitative estimate of drug-likeness (QED) is 0.690. The smallest absolute Gasteiger partial charge is 0.260 e. The van der Waals surface area contributed by atoms with Gasteiger partial charge in [0.05, 0.1) is 16.3 Å². The predicted octanol–water partition coefficient (Wildman–Crippen LogP) is 4.44. The van der Waals surface area contributed by atoms with Crippen LogP contribution in [0.25, 0.3) is 11.5 Å². The molecule has 2 N–H and O–H groups in total. The van der Waals surface area contributed by atoms with Crippen molar-refractivity contribution in [3.63, 3.8) is 0 Å². The second-order valence-corrected chi connectivity index (χ2v) is 6.87. The van der Waals surface area contributed by atoms with Crippen molar-refractivity contribution in [3.05, 3.63) is 46.0 Å². The number of rotatable bonds is 4. The molecular weight excluding hydrogens is 358 g/mol. The lowest BCUT2D eigenvalue weighted by Gasteiger charge is -1.97. The molecule has 7 heteroatoms. The van der Waals surface area contributed by atoms with E-state index in [9.17, 15) is 0 Å². The monoisotopic (exact) mass is 367 g/mol. The molecule has 20 heavy (non-hydrogen) atoms.